The van der Waals surface area contributed by atoms with Crippen LogP contribution in [0.5, 0.6) is 0 Å². The molecule has 0 fully saturated rings. The number of rotatable bonds is 1. The van der Waals surface area contributed by atoms with Crippen molar-refractivity contribution in [2.24, 2.45) is 9.98 Å². The molecule has 1 aromatic rings. The number of amidine groups is 2. The van der Waals surface area contributed by atoms with E-state index in [1.165, 1.54) is 26.1 Å². The molecule has 1 N–H and O–H groups in total. The Morgan fingerprint density at radius 2 is 1.50 bits per heavy atom. The Labute approximate surface area is 154 Å². The molecule has 154 valence electrons. The first-order valence-electron chi connectivity index (χ1n) is 7.65. The van der Waals surface area contributed by atoms with E-state index in [2.05, 4.69) is 9.98 Å². The summed E-state index contributed by atoms with van der Waals surface area (Å²) in [5, 5.41) is 1.41. The van der Waals surface area contributed by atoms with E-state index in [4.69, 9.17) is 4.74 Å². The molecule has 2 rings (SSSR count). The Hall–Kier alpha value is -2.66. The van der Waals surface area contributed by atoms with Crippen molar-refractivity contribution < 1.29 is 40.3 Å². The zero-order chi connectivity index (χ0) is 21.5. The van der Waals surface area contributed by atoms with Crippen molar-refractivity contribution in [3.8, 4) is 0 Å². The van der Waals surface area contributed by atoms with Gasteiger partial charge in [-0.1, -0.05) is 0 Å². The van der Waals surface area contributed by atoms with Crippen LogP contribution < -0.4 is 5.32 Å². The number of carbonyl (C=O) groups is 1. The van der Waals surface area contributed by atoms with Gasteiger partial charge in [0.15, 0.2) is 11.7 Å². The molecule has 0 saturated heterocycles. The fourth-order valence-corrected chi connectivity index (χ4v) is 2.23. The van der Waals surface area contributed by atoms with Crippen LogP contribution in [0.1, 0.15) is 26.3 Å². The Bertz CT molecular complexity index is 805. The minimum atomic E-state index is -5.99. The van der Waals surface area contributed by atoms with Gasteiger partial charge in [-0.05, 0) is 45.0 Å². The first-order chi connectivity index (χ1) is 12.6. The van der Waals surface area contributed by atoms with Gasteiger partial charge in [-0.3, -0.25) is 5.32 Å². The third-order valence-electron chi connectivity index (χ3n) is 3.38. The normalized spacial score (nSPS) is 17.1. The maximum Gasteiger partial charge on any atom is 0.430 e. The molecule has 0 atom stereocenters. The molecule has 0 aliphatic carbocycles. The summed E-state index contributed by atoms with van der Waals surface area (Å²) in [7, 11) is 0. The van der Waals surface area contributed by atoms with Crippen LogP contribution >= 0.6 is 0 Å². The number of ether oxygens (including phenoxy) is 1. The van der Waals surface area contributed by atoms with Crippen LogP contribution in [-0.4, -0.2) is 41.3 Å². The second-order valence-corrected chi connectivity index (χ2v) is 6.74. The summed E-state index contributed by atoms with van der Waals surface area (Å²) in [5.41, 5.74) is -6.30. The topological polar surface area (TPSA) is 63.0 Å². The number of carbonyl (C=O) groups excluding carboxylic acids is 1. The van der Waals surface area contributed by atoms with Crippen LogP contribution in [-0.2, 0) is 4.74 Å². The molecule has 1 aliphatic heterocycles. The van der Waals surface area contributed by atoms with Gasteiger partial charge in [0.2, 0.25) is 0 Å². The molecule has 28 heavy (non-hydrogen) atoms. The second-order valence-electron chi connectivity index (χ2n) is 6.74. The van der Waals surface area contributed by atoms with E-state index >= 15 is 0 Å². The van der Waals surface area contributed by atoms with Gasteiger partial charge in [-0.2, -0.15) is 26.3 Å². The molecule has 1 heterocycles. The van der Waals surface area contributed by atoms with Crippen molar-refractivity contribution in [3.05, 3.63) is 35.6 Å². The molecule has 0 aromatic heterocycles. The molecule has 5 nitrogen and oxygen atoms in total. The predicted molar refractivity (Wildman–Crippen MR) is 84.6 cm³/mol. The third-order valence-corrected chi connectivity index (χ3v) is 3.38. The van der Waals surface area contributed by atoms with Crippen molar-refractivity contribution >= 4 is 17.8 Å². The molecule has 0 spiro atoms. The lowest BCUT2D eigenvalue weighted by Gasteiger charge is -2.32. The van der Waals surface area contributed by atoms with Gasteiger partial charge in [0.25, 0.3) is 0 Å². The van der Waals surface area contributed by atoms with Crippen molar-refractivity contribution in [2.75, 3.05) is 0 Å². The zero-order valence-corrected chi connectivity index (χ0v) is 14.7. The van der Waals surface area contributed by atoms with E-state index in [1.807, 2.05) is 0 Å². The van der Waals surface area contributed by atoms with E-state index in [9.17, 15) is 35.5 Å². The highest BCUT2D eigenvalue weighted by atomic mass is 19.4. The van der Waals surface area contributed by atoms with E-state index < -0.39 is 47.1 Å². The molecule has 1 aromatic carbocycles. The quantitative estimate of drug-likeness (QED) is 0.695. The number of benzene rings is 1. The lowest BCUT2D eigenvalue weighted by molar-refractivity contribution is -0.270. The zero-order valence-electron chi connectivity index (χ0n) is 14.7. The highest BCUT2D eigenvalue weighted by Gasteiger charge is 2.76. The number of nitrogens with one attached hydrogen (secondary N) is 1. The summed E-state index contributed by atoms with van der Waals surface area (Å²) in [6.45, 7) is 4.10. The molecule has 0 saturated carbocycles. The number of alkyl carbamates (subject to hydrolysis) is 1. The summed E-state index contributed by atoms with van der Waals surface area (Å²) in [4.78, 5) is 17.8. The van der Waals surface area contributed by atoms with E-state index in [0.717, 1.165) is 24.3 Å². The lowest BCUT2D eigenvalue weighted by Crippen LogP contribution is -2.64. The molecule has 0 unspecified atom stereocenters. The highest BCUT2D eigenvalue weighted by molar-refractivity contribution is 6.17. The first-order valence-corrected chi connectivity index (χ1v) is 7.65. The Morgan fingerprint density at radius 3 is 1.93 bits per heavy atom. The Morgan fingerprint density at radius 1 is 1.00 bits per heavy atom. The molecule has 0 bridgehead atoms. The summed E-state index contributed by atoms with van der Waals surface area (Å²) in [5.74, 6) is -3.54. The minimum Gasteiger partial charge on any atom is -0.444 e. The number of aliphatic imine (C=N–C) groups is 2. The molecular formula is C16H14F7N3O2. The third kappa shape index (κ3) is 4.09. The van der Waals surface area contributed by atoms with Crippen LogP contribution in [0.2, 0.25) is 0 Å². The van der Waals surface area contributed by atoms with Gasteiger partial charge in [0.1, 0.15) is 11.4 Å². The average molecular weight is 413 g/mol. The Kier molecular flexibility index (Phi) is 5.21. The first kappa shape index (κ1) is 21.6. The maximum atomic E-state index is 13.5. The van der Waals surface area contributed by atoms with Gasteiger partial charge in [0.05, 0.1) is 0 Å². The molecule has 1 amide bonds. The minimum absolute atomic E-state index is 0.305. The van der Waals surface area contributed by atoms with Crippen LogP contribution in [0.15, 0.2) is 34.3 Å². The fraction of sp³-hybridized carbons (Fsp3) is 0.438. The number of halogens is 7. The van der Waals surface area contributed by atoms with Crippen molar-refractivity contribution in [3.63, 3.8) is 0 Å². The smallest absolute Gasteiger partial charge is 0.430 e. The number of amides is 1. The number of nitrogens with zero attached hydrogens (tertiary/aromatic N) is 2. The SMILES string of the molecule is CC(C)(C)OC(=O)NC1=NC(c2ccc(F)cc2)=NC1(C(F)(F)F)C(F)(F)F. The van der Waals surface area contributed by atoms with Gasteiger partial charge in [-0.15, -0.1) is 0 Å². The molecule has 0 radical (unpaired) electrons. The predicted octanol–water partition coefficient (Wildman–Crippen LogP) is 4.37. The largest absolute Gasteiger partial charge is 0.444 e. The van der Waals surface area contributed by atoms with Crippen molar-refractivity contribution in [2.45, 2.75) is 44.3 Å². The van der Waals surface area contributed by atoms with E-state index in [1.54, 1.807) is 0 Å². The molecular weight excluding hydrogens is 399 g/mol. The summed E-state index contributed by atoms with van der Waals surface area (Å²) in [6.07, 6.45) is -13.5. The molecule has 1 aliphatic rings. The van der Waals surface area contributed by atoms with Crippen LogP contribution in [0.25, 0.3) is 0 Å². The summed E-state index contributed by atoms with van der Waals surface area (Å²) >= 11 is 0. The summed E-state index contributed by atoms with van der Waals surface area (Å²) < 4.78 is 99.0. The second kappa shape index (κ2) is 6.74. The summed E-state index contributed by atoms with van der Waals surface area (Å²) in [6, 6.07) is 3.45. The van der Waals surface area contributed by atoms with Crippen LogP contribution in [0.4, 0.5) is 35.5 Å². The number of hydrogen-bond donors (Lipinski definition) is 1. The lowest BCUT2D eigenvalue weighted by atomic mass is 9.97. The fourth-order valence-electron chi connectivity index (χ4n) is 2.23. The van der Waals surface area contributed by atoms with Crippen LogP contribution in [0, 0.1) is 5.82 Å². The van der Waals surface area contributed by atoms with Gasteiger partial charge in [0, 0.05) is 5.56 Å². The average Bonchev–Trinajstić information content (AvgIpc) is 2.85. The Balaban J connectivity index is 2.59. The van der Waals surface area contributed by atoms with Crippen LogP contribution in [0.3, 0.4) is 0 Å². The maximum absolute atomic E-state index is 13.5. The van der Waals surface area contributed by atoms with E-state index in [-0.39, 0.29) is 5.56 Å². The van der Waals surface area contributed by atoms with Gasteiger partial charge < -0.3 is 4.74 Å². The monoisotopic (exact) mass is 413 g/mol. The standard InChI is InChI=1S/C16H14F7N3O2/c1-13(2,3)28-12(27)25-11-14(15(18,19)20,16(21,22)23)26-10(24-11)8-4-6-9(17)7-5-8/h4-7H,1-3H3,(H,24,25,26,27). The molecule has 12 heteroatoms. The van der Waals surface area contributed by atoms with Gasteiger partial charge >= 0.3 is 24.0 Å². The van der Waals surface area contributed by atoms with Crippen molar-refractivity contribution in [1.82, 2.24) is 5.32 Å². The number of hydrogen-bond acceptors (Lipinski definition) is 4. The van der Waals surface area contributed by atoms with E-state index in [0.29, 0.717) is 0 Å². The van der Waals surface area contributed by atoms with Crippen molar-refractivity contribution in [1.29, 1.82) is 0 Å². The highest BCUT2D eigenvalue weighted by Crippen LogP contribution is 2.49. The van der Waals surface area contributed by atoms with Gasteiger partial charge in [-0.25, -0.2) is 19.2 Å². The number of alkyl halides is 6.